The molecule has 0 amide bonds. The molecule has 1 atom stereocenters. The highest BCUT2D eigenvalue weighted by Gasteiger charge is 2.22. The standard InChI is InChI=1S/C15H24N2O/c1-12-5-6-15(18)13(10-12)11-17-9-3-2-4-14(17)7-8-16/h5-6,10,14,18H,2-4,7-9,11,16H2,1H3. The van der Waals surface area contributed by atoms with Crippen molar-refractivity contribution in [2.24, 2.45) is 5.73 Å². The maximum atomic E-state index is 9.93. The topological polar surface area (TPSA) is 49.5 Å². The van der Waals surface area contributed by atoms with Crippen molar-refractivity contribution in [2.45, 2.75) is 45.2 Å². The SMILES string of the molecule is Cc1ccc(O)c(CN2CCCCC2CCN)c1. The summed E-state index contributed by atoms with van der Waals surface area (Å²) in [7, 11) is 0. The average Bonchev–Trinajstić information content (AvgIpc) is 2.36. The molecular formula is C15H24N2O. The molecule has 1 saturated heterocycles. The number of benzene rings is 1. The zero-order valence-corrected chi connectivity index (χ0v) is 11.2. The fourth-order valence-corrected chi connectivity index (χ4v) is 2.85. The van der Waals surface area contributed by atoms with Gasteiger partial charge in [-0.1, -0.05) is 24.1 Å². The lowest BCUT2D eigenvalue weighted by Crippen LogP contribution is -2.40. The summed E-state index contributed by atoms with van der Waals surface area (Å²) in [6, 6.07) is 6.42. The zero-order valence-electron chi connectivity index (χ0n) is 11.2. The number of rotatable bonds is 4. The third-order valence-electron chi connectivity index (χ3n) is 3.86. The first-order chi connectivity index (χ1) is 8.70. The molecular weight excluding hydrogens is 224 g/mol. The fraction of sp³-hybridized carbons (Fsp3) is 0.600. The van der Waals surface area contributed by atoms with Crippen LogP contribution in [0.2, 0.25) is 0 Å². The van der Waals surface area contributed by atoms with Crippen molar-refractivity contribution in [2.75, 3.05) is 13.1 Å². The van der Waals surface area contributed by atoms with Crippen LogP contribution in [0.1, 0.15) is 36.8 Å². The fourth-order valence-electron chi connectivity index (χ4n) is 2.85. The quantitative estimate of drug-likeness (QED) is 0.860. The summed E-state index contributed by atoms with van der Waals surface area (Å²) >= 11 is 0. The highest BCUT2D eigenvalue weighted by molar-refractivity contribution is 5.35. The van der Waals surface area contributed by atoms with Crippen LogP contribution in [0, 0.1) is 6.92 Å². The van der Waals surface area contributed by atoms with Gasteiger partial charge in [0, 0.05) is 18.2 Å². The summed E-state index contributed by atoms with van der Waals surface area (Å²) in [5.74, 6) is 0.415. The summed E-state index contributed by atoms with van der Waals surface area (Å²) in [5.41, 5.74) is 7.94. The number of phenols is 1. The van der Waals surface area contributed by atoms with Gasteiger partial charge in [-0.05, 0) is 45.3 Å². The molecule has 1 unspecified atom stereocenters. The highest BCUT2D eigenvalue weighted by Crippen LogP contribution is 2.25. The average molecular weight is 248 g/mol. The lowest BCUT2D eigenvalue weighted by atomic mass is 9.98. The first kappa shape index (κ1) is 13.4. The van der Waals surface area contributed by atoms with Crippen molar-refractivity contribution in [1.82, 2.24) is 4.90 Å². The number of nitrogens with zero attached hydrogens (tertiary/aromatic N) is 1. The van der Waals surface area contributed by atoms with Gasteiger partial charge in [0.2, 0.25) is 0 Å². The highest BCUT2D eigenvalue weighted by atomic mass is 16.3. The minimum absolute atomic E-state index is 0.415. The Morgan fingerprint density at radius 3 is 3.00 bits per heavy atom. The molecule has 0 bridgehead atoms. The van der Waals surface area contributed by atoms with Crippen LogP contribution in [0.5, 0.6) is 5.75 Å². The third kappa shape index (κ3) is 3.24. The molecule has 3 heteroatoms. The van der Waals surface area contributed by atoms with E-state index in [0.29, 0.717) is 11.8 Å². The van der Waals surface area contributed by atoms with Gasteiger partial charge in [-0.25, -0.2) is 0 Å². The zero-order chi connectivity index (χ0) is 13.0. The van der Waals surface area contributed by atoms with Crippen molar-refractivity contribution in [3.05, 3.63) is 29.3 Å². The van der Waals surface area contributed by atoms with Gasteiger partial charge in [-0.3, -0.25) is 4.90 Å². The summed E-state index contributed by atoms with van der Waals surface area (Å²) in [5, 5.41) is 9.93. The first-order valence-electron chi connectivity index (χ1n) is 6.93. The Morgan fingerprint density at radius 2 is 2.22 bits per heavy atom. The van der Waals surface area contributed by atoms with E-state index in [-0.39, 0.29) is 0 Å². The molecule has 0 aliphatic carbocycles. The number of piperidine rings is 1. The van der Waals surface area contributed by atoms with E-state index in [1.165, 1.54) is 24.8 Å². The molecule has 0 saturated carbocycles. The van der Waals surface area contributed by atoms with Crippen LogP contribution in [-0.2, 0) is 6.54 Å². The molecule has 3 N–H and O–H groups in total. The molecule has 1 aliphatic rings. The lowest BCUT2D eigenvalue weighted by Gasteiger charge is -2.35. The maximum Gasteiger partial charge on any atom is 0.120 e. The Labute approximate surface area is 110 Å². The molecule has 0 aromatic heterocycles. The van der Waals surface area contributed by atoms with Crippen molar-refractivity contribution >= 4 is 0 Å². The summed E-state index contributed by atoms with van der Waals surface area (Å²) in [4.78, 5) is 2.48. The number of nitrogens with two attached hydrogens (primary N) is 1. The molecule has 0 radical (unpaired) electrons. The predicted molar refractivity (Wildman–Crippen MR) is 74.6 cm³/mol. The van der Waals surface area contributed by atoms with Crippen LogP contribution < -0.4 is 5.73 Å². The molecule has 18 heavy (non-hydrogen) atoms. The Balaban J connectivity index is 2.08. The van der Waals surface area contributed by atoms with Gasteiger partial charge < -0.3 is 10.8 Å². The van der Waals surface area contributed by atoms with Gasteiger partial charge in [0.05, 0.1) is 0 Å². The summed E-state index contributed by atoms with van der Waals surface area (Å²) in [6.45, 7) is 4.79. The largest absolute Gasteiger partial charge is 0.508 e. The van der Waals surface area contributed by atoms with Crippen LogP contribution in [0.3, 0.4) is 0 Å². The molecule has 1 aliphatic heterocycles. The molecule has 2 rings (SSSR count). The Morgan fingerprint density at radius 1 is 1.39 bits per heavy atom. The Kier molecular flexibility index (Phi) is 4.61. The van der Waals surface area contributed by atoms with Gasteiger partial charge in [-0.15, -0.1) is 0 Å². The minimum Gasteiger partial charge on any atom is -0.508 e. The van der Waals surface area contributed by atoms with E-state index < -0.39 is 0 Å². The smallest absolute Gasteiger partial charge is 0.120 e. The van der Waals surface area contributed by atoms with Crippen LogP contribution in [0.15, 0.2) is 18.2 Å². The van der Waals surface area contributed by atoms with Crippen molar-refractivity contribution < 1.29 is 5.11 Å². The number of aromatic hydroxyl groups is 1. The van der Waals surface area contributed by atoms with Crippen molar-refractivity contribution in [3.8, 4) is 5.75 Å². The first-order valence-corrected chi connectivity index (χ1v) is 6.93. The number of phenolic OH excluding ortho intramolecular Hbond substituents is 1. The van der Waals surface area contributed by atoms with Gasteiger partial charge in [-0.2, -0.15) is 0 Å². The second-order valence-corrected chi connectivity index (χ2v) is 5.33. The van der Waals surface area contributed by atoms with Gasteiger partial charge in [0.1, 0.15) is 5.75 Å². The molecule has 0 spiro atoms. The molecule has 1 fully saturated rings. The molecule has 1 aromatic carbocycles. The van der Waals surface area contributed by atoms with E-state index in [0.717, 1.165) is 31.6 Å². The molecule has 100 valence electrons. The van der Waals surface area contributed by atoms with Crippen LogP contribution in [0.25, 0.3) is 0 Å². The number of likely N-dealkylation sites (tertiary alicyclic amines) is 1. The predicted octanol–water partition coefficient (Wildman–Crippen LogP) is 2.40. The Hall–Kier alpha value is -1.06. The molecule has 3 nitrogen and oxygen atoms in total. The monoisotopic (exact) mass is 248 g/mol. The number of hydrogen-bond acceptors (Lipinski definition) is 3. The second kappa shape index (κ2) is 6.21. The number of hydrogen-bond donors (Lipinski definition) is 2. The van der Waals surface area contributed by atoms with E-state index in [4.69, 9.17) is 5.73 Å². The van der Waals surface area contributed by atoms with E-state index in [9.17, 15) is 5.11 Å². The van der Waals surface area contributed by atoms with Gasteiger partial charge in [0.25, 0.3) is 0 Å². The van der Waals surface area contributed by atoms with Crippen molar-refractivity contribution in [1.29, 1.82) is 0 Å². The maximum absolute atomic E-state index is 9.93. The normalized spacial score (nSPS) is 21.1. The summed E-state index contributed by atoms with van der Waals surface area (Å²) < 4.78 is 0. The van der Waals surface area contributed by atoms with E-state index in [2.05, 4.69) is 17.9 Å². The molecule has 1 heterocycles. The van der Waals surface area contributed by atoms with Crippen LogP contribution in [0.4, 0.5) is 0 Å². The molecule has 1 aromatic rings. The van der Waals surface area contributed by atoms with E-state index in [1.807, 2.05) is 6.07 Å². The summed E-state index contributed by atoms with van der Waals surface area (Å²) in [6.07, 6.45) is 4.87. The van der Waals surface area contributed by atoms with E-state index in [1.54, 1.807) is 6.07 Å². The van der Waals surface area contributed by atoms with Gasteiger partial charge in [0.15, 0.2) is 0 Å². The van der Waals surface area contributed by atoms with Crippen LogP contribution >= 0.6 is 0 Å². The number of aryl methyl sites for hydroxylation is 1. The second-order valence-electron chi connectivity index (χ2n) is 5.33. The third-order valence-corrected chi connectivity index (χ3v) is 3.86. The van der Waals surface area contributed by atoms with Crippen LogP contribution in [-0.4, -0.2) is 29.1 Å². The Bertz CT molecular complexity index is 390. The van der Waals surface area contributed by atoms with Crippen molar-refractivity contribution in [3.63, 3.8) is 0 Å². The lowest BCUT2D eigenvalue weighted by molar-refractivity contribution is 0.133. The minimum atomic E-state index is 0.415. The van der Waals surface area contributed by atoms with E-state index >= 15 is 0 Å². The van der Waals surface area contributed by atoms with Gasteiger partial charge >= 0.3 is 0 Å².